The van der Waals surface area contributed by atoms with Crippen LogP contribution in [0.25, 0.3) is 0 Å². The van der Waals surface area contributed by atoms with Crippen LogP contribution in [0.3, 0.4) is 0 Å². The lowest BCUT2D eigenvalue weighted by Gasteiger charge is -2.45. The van der Waals surface area contributed by atoms with Gasteiger partial charge in [0.05, 0.1) is 6.10 Å². The van der Waals surface area contributed by atoms with Gasteiger partial charge in [-0.3, -0.25) is 0 Å². The molecule has 172 valence electrons. The van der Waals surface area contributed by atoms with Crippen molar-refractivity contribution in [2.24, 2.45) is 23.7 Å². The molecule has 1 aromatic carbocycles. The second-order valence-corrected chi connectivity index (χ2v) is 10.4. The van der Waals surface area contributed by atoms with Crippen LogP contribution in [0, 0.1) is 35.3 Å². The van der Waals surface area contributed by atoms with Crippen LogP contribution in [0.2, 0.25) is 0 Å². The first-order valence-corrected chi connectivity index (χ1v) is 12.8. The maximum absolute atomic E-state index is 14.6. The Morgan fingerprint density at radius 2 is 1.45 bits per heavy atom. The first-order valence-electron chi connectivity index (χ1n) is 12.8. The smallest absolute Gasteiger partial charge is 0.129 e. The highest BCUT2D eigenvalue weighted by Gasteiger charge is 2.39. The van der Waals surface area contributed by atoms with E-state index in [4.69, 9.17) is 4.74 Å². The van der Waals surface area contributed by atoms with E-state index in [1.807, 2.05) is 0 Å². The molecule has 4 atom stereocenters. The minimum Gasteiger partial charge on any atom is -0.379 e. The standard InChI is InChI=1S/C28H40F2O/c1-3-5-6-26-27(29)17-24(18-28(26)30)23-10-9-21-15-20(7-8-22(21)16-23)19-11-13-25(14-12-19)31-4-2/h3,17-23,25H,1,4-16H2,2H3. The van der Waals surface area contributed by atoms with E-state index in [9.17, 15) is 8.78 Å². The number of hydrogen-bond acceptors (Lipinski definition) is 1. The molecule has 31 heavy (non-hydrogen) atoms. The Balaban J connectivity index is 1.32. The molecule has 0 amide bonds. The molecule has 0 heterocycles. The predicted molar refractivity (Wildman–Crippen MR) is 123 cm³/mol. The normalized spacial score (nSPS) is 33.6. The Bertz CT molecular complexity index is 714. The fourth-order valence-corrected chi connectivity index (χ4v) is 6.96. The third-order valence-corrected chi connectivity index (χ3v) is 8.67. The van der Waals surface area contributed by atoms with E-state index in [0.717, 1.165) is 48.7 Å². The zero-order chi connectivity index (χ0) is 21.8. The van der Waals surface area contributed by atoms with Crippen LogP contribution in [0.5, 0.6) is 0 Å². The van der Waals surface area contributed by atoms with E-state index in [0.29, 0.717) is 24.9 Å². The van der Waals surface area contributed by atoms with E-state index in [1.165, 1.54) is 51.4 Å². The Morgan fingerprint density at radius 3 is 2.10 bits per heavy atom. The van der Waals surface area contributed by atoms with Crippen molar-refractivity contribution >= 4 is 0 Å². The van der Waals surface area contributed by atoms with Gasteiger partial charge < -0.3 is 4.74 Å². The van der Waals surface area contributed by atoms with E-state index < -0.39 is 0 Å². The molecule has 3 aliphatic carbocycles. The topological polar surface area (TPSA) is 9.23 Å². The van der Waals surface area contributed by atoms with Crippen LogP contribution in [-0.4, -0.2) is 12.7 Å². The van der Waals surface area contributed by atoms with Gasteiger partial charge in [0.15, 0.2) is 0 Å². The van der Waals surface area contributed by atoms with Crippen LogP contribution >= 0.6 is 0 Å². The molecular weight excluding hydrogens is 390 g/mol. The second-order valence-electron chi connectivity index (χ2n) is 10.4. The molecule has 1 aromatic rings. The molecule has 4 rings (SSSR count). The molecule has 0 spiro atoms. The Morgan fingerprint density at radius 1 is 0.871 bits per heavy atom. The van der Waals surface area contributed by atoms with Gasteiger partial charge in [-0.05, 0) is 131 Å². The lowest BCUT2D eigenvalue weighted by molar-refractivity contribution is 0.00583. The number of benzene rings is 1. The first kappa shape index (κ1) is 23.0. The van der Waals surface area contributed by atoms with Gasteiger partial charge in [0.25, 0.3) is 0 Å². The van der Waals surface area contributed by atoms with Gasteiger partial charge in [-0.15, -0.1) is 6.58 Å². The minimum atomic E-state index is -0.370. The molecule has 1 nitrogen and oxygen atoms in total. The minimum absolute atomic E-state index is 0.219. The number of hydrogen-bond donors (Lipinski definition) is 0. The number of ether oxygens (including phenoxy) is 1. The Kier molecular flexibility index (Phi) is 7.85. The summed E-state index contributed by atoms with van der Waals surface area (Å²) in [7, 11) is 0. The lowest BCUT2D eigenvalue weighted by atomic mass is 9.60. The third kappa shape index (κ3) is 5.41. The van der Waals surface area contributed by atoms with Crippen LogP contribution in [-0.2, 0) is 11.2 Å². The van der Waals surface area contributed by atoms with Crippen molar-refractivity contribution in [3.63, 3.8) is 0 Å². The molecule has 0 N–H and O–H groups in total. The first-order chi connectivity index (χ1) is 15.1. The second kappa shape index (κ2) is 10.6. The number of halogens is 2. The highest BCUT2D eigenvalue weighted by atomic mass is 19.1. The SMILES string of the molecule is C=CCCc1c(F)cc(C2CCC3CC(C4CCC(OCC)CC4)CCC3C2)cc1F. The summed E-state index contributed by atoms with van der Waals surface area (Å²) in [6, 6.07) is 3.24. The number of fused-ring (bicyclic) bond motifs is 1. The van der Waals surface area contributed by atoms with E-state index in [2.05, 4.69) is 13.5 Å². The molecule has 4 unspecified atom stereocenters. The Labute approximate surface area is 187 Å². The van der Waals surface area contributed by atoms with Gasteiger partial charge in [0, 0.05) is 12.2 Å². The summed E-state index contributed by atoms with van der Waals surface area (Å²) in [6.07, 6.45) is 15.8. The summed E-state index contributed by atoms with van der Waals surface area (Å²) in [5, 5.41) is 0. The van der Waals surface area contributed by atoms with E-state index in [1.54, 1.807) is 18.2 Å². The molecule has 3 fully saturated rings. The van der Waals surface area contributed by atoms with Crippen molar-refractivity contribution in [1.29, 1.82) is 0 Å². The molecule has 3 heteroatoms. The van der Waals surface area contributed by atoms with Crippen molar-refractivity contribution in [3.05, 3.63) is 47.5 Å². The third-order valence-electron chi connectivity index (χ3n) is 8.67. The molecule has 0 aliphatic heterocycles. The zero-order valence-electron chi connectivity index (χ0n) is 19.3. The van der Waals surface area contributed by atoms with E-state index >= 15 is 0 Å². The van der Waals surface area contributed by atoms with Gasteiger partial charge >= 0.3 is 0 Å². The van der Waals surface area contributed by atoms with Gasteiger partial charge in [-0.25, -0.2) is 8.78 Å². The number of allylic oxidation sites excluding steroid dienone is 1. The maximum Gasteiger partial charge on any atom is 0.129 e. The largest absolute Gasteiger partial charge is 0.379 e. The van der Waals surface area contributed by atoms with E-state index in [-0.39, 0.29) is 17.2 Å². The van der Waals surface area contributed by atoms with Crippen LogP contribution in [0.1, 0.15) is 94.6 Å². The quantitative estimate of drug-likeness (QED) is 0.398. The van der Waals surface area contributed by atoms with Crippen molar-refractivity contribution in [2.45, 2.75) is 96.0 Å². The summed E-state index contributed by atoms with van der Waals surface area (Å²) in [4.78, 5) is 0. The van der Waals surface area contributed by atoms with Crippen molar-refractivity contribution in [3.8, 4) is 0 Å². The zero-order valence-corrected chi connectivity index (χ0v) is 19.3. The fraction of sp³-hybridized carbons (Fsp3) is 0.714. The average Bonchev–Trinajstić information content (AvgIpc) is 2.78. The molecule has 0 saturated heterocycles. The molecule has 3 aliphatic rings. The summed E-state index contributed by atoms with van der Waals surface area (Å²) < 4.78 is 35.0. The summed E-state index contributed by atoms with van der Waals surface area (Å²) >= 11 is 0. The average molecular weight is 431 g/mol. The van der Waals surface area contributed by atoms with Gasteiger partial charge in [-0.2, -0.15) is 0 Å². The van der Waals surface area contributed by atoms with Crippen LogP contribution < -0.4 is 0 Å². The molecule has 3 saturated carbocycles. The van der Waals surface area contributed by atoms with Crippen LogP contribution in [0.4, 0.5) is 8.78 Å². The fourth-order valence-electron chi connectivity index (χ4n) is 6.96. The maximum atomic E-state index is 14.6. The molecular formula is C28H40F2O. The molecule has 0 bridgehead atoms. The Hall–Kier alpha value is -1.22. The number of rotatable bonds is 7. The van der Waals surface area contributed by atoms with Gasteiger partial charge in [0.1, 0.15) is 11.6 Å². The summed E-state index contributed by atoms with van der Waals surface area (Å²) in [6.45, 7) is 6.60. The molecule has 0 aromatic heterocycles. The van der Waals surface area contributed by atoms with Crippen molar-refractivity contribution < 1.29 is 13.5 Å². The lowest BCUT2D eigenvalue weighted by Crippen LogP contribution is -2.35. The highest BCUT2D eigenvalue weighted by molar-refractivity contribution is 5.29. The molecule has 0 radical (unpaired) electrons. The van der Waals surface area contributed by atoms with Gasteiger partial charge in [-0.1, -0.05) is 6.08 Å². The predicted octanol–water partition coefficient (Wildman–Crippen LogP) is 7.98. The summed E-state index contributed by atoms with van der Waals surface area (Å²) in [5.74, 6) is 2.91. The van der Waals surface area contributed by atoms with Gasteiger partial charge in [0.2, 0.25) is 0 Å². The van der Waals surface area contributed by atoms with Crippen molar-refractivity contribution in [1.82, 2.24) is 0 Å². The monoisotopic (exact) mass is 430 g/mol. The summed E-state index contributed by atoms with van der Waals surface area (Å²) in [5.41, 5.74) is 1.10. The highest BCUT2D eigenvalue weighted by Crippen LogP contribution is 2.50. The van der Waals surface area contributed by atoms with Crippen molar-refractivity contribution in [2.75, 3.05) is 6.61 Å². The van der Waals surface area contributed by atoms with Crippen LogP contribution in [0.15, 0.2) is 24.8 Å².